The highest BCUT2D eigenvalue weighted by Crippen LogP contribution is 2.39. The number of rotatable bonds is 14. The van der Waals surface area contributed by atoms with Crippen LogP contribution in [0, 0.1) is 5.41 Å². The van der Waals surface area contributed by atoms with Crippen LogP contribution in [0.3, 0.4) is 0 Å². The van der Waals surface area contributed by atoms with Gasteiger partial charge >= 0.3 is 11.9 Å². The van der Waals surface area contributed by atoms with Crippen molar-refractivity contribution in [2.24, 2.45) is 5.41 Å². The van der Waals surface area contributed by atoms with Gasteiger partial charge in [-0.15, -0.1) is 0 Å². The first kappa shape index (κ1) is 28.4. The lowest BCUT2D eigenvalue weighted by Gasteiger charge is -2.33. The molecular formula is C22H40O4S4. The van der Waals surface area contributed by atoms with Crippen LogP contribution in [0.4, 0.5) is 0 Å². The highest BCUT2D eigenvalue weighted by atomic mass is 32.1. The Balaban J connectivity index is 2.58. The molecule has 4 atom stereocenters. The third kappa shape index (κ3) is 9.07. The first-order valence-electron chi connectivity index (χ1n) is 11.3. The zero-order valence-electron chi connectivity index (χ0n) is 18.4. The van der Waals surface area contributed by atoms with E-state index in [1.807, 2.05) is 0 Å². The standard InChI is InChI=1S/C22H40O4S4/c1-3-8-16(27)18(29)10-14-25-20(23)22(12-6-5-7-13-22)21(24)26-15-11-19(30)17(28)9-4-2/h16-19,27-30H,3-15H2,1-2H3. The number of hydrogen-bond acceptors (Lipinski definition) is 8. The molecule has 0 amide bonds. The number of esters is 2. The van der Waals surface area contributed by atoms with E-state index in [9.17, 15) is 9.59 Å². The van der Waals surface area contributed by atoms with E-state index in [0.717, 1.165) is 44.9 Å². The van der Waals surface area contributed by atoms with Gasteiger partial charge in [0.15, 0.2) is 5.41 Å². The molecule has 8 heteroatoms. The SMILES string of the molecule is CCCC(S)C(S)CCOC(=O)C1(C(=O)OCCC(S)C(S)CCC)CCCCC1. The van der Waals surface area contributed by atoms with Crippen molar-refractivity contribution in [3.8, 4) is 0 Å². The molecule has 0 radical (unpaired) electrons. The van der Waals surface area contributed by atoms with Crippen molar-refractivity contribution < 1.29 is 19.1 Å². The average Bonchev–Trinajstić information content (AvgIpc) is 2.74. The van der Waals surface area contributed by atoms with Gasteiger partial charge in [-0.2, -0.15) is 50.5 Å². The molecule has 0 aromatic rings. The number of carbonyl (C=O) groups excluding carboxylic acids is 2. The Morgan fingerprint density at radius 1 is 0.700 bits per heavy atom. The summed E-state index contributed by atoms with van der Waals surface area (Å²) in [5, 5.41) is 0.450. The van der Waals surface area contributed by atoms with Gasteiger partial charge in [0.05, 0.1) is 13.2 Å². The Morgan fingerprint density at radius 2 is 1.07 bits per heavy atom. The van der Waals surface area contributed by atoms with Crippen LogP contribution >= 0.6 is 50.5 Å². The molecule has 1 aliphatic carbocycles. The van der Waals surface area contributed by atoms with Crippen LogP contribution in [0.25, 0.3) is 0 Å². The van der Waals surface area contributed by atoms with E-state index >= 15 is 0 Å². The molecule has 0 aliphatic heterocycles. The molecule has 1 saturated carbocycles. The molecule has 176 valence electrons. The smallest absolute Gasteiger partial charge is 0.323 e. The van der Waals surface area contributed by atoms with Crippen molar-refractivity contribution in [1.82, 2.24) is 0 Å². The average molecular weight is 497 g/mol. The first-order valence-corrected chi connectivity index (χ1v) is 13.4. The molecule has 0 spiro atoms. The van der Waals surface area contributed by atoms with Crippen LogP contribution < -0.4 is 0 Å². The van der Waals surface area contributed by atoms with E-state index in [4.69, 9.17) is 9.47 Å². The minimum atomic E-state index is -1.16. The summed E-state index contributed by atoms with van der Waals surface area (Å²) in [7, 11) is 0. The Morgan fingerprint density at radius 3 is 1.43 bits per heavy atom. The second kappa shape index (κ2) is 15.2. The summed E-state index contributed by atoms with van der Waals surface area (Å²) in [6, 6.07) is 0. The Labute approximate surface area is 205 Å². The number of hydrogen-bond donors (Lipinski definition) is 4. The van der Waals surface area contributed by atoms with Crippen molar-refractivity contribution in [1.29, 1.82) is 0 Å². The van der Waals surface area contributed by atoms with E-state index < -0.39 is 17.4 Å². The van der Waals surface area contributed by atoms with Crippen molar-refractivity contribution in [3.63, 3.8) is 0 Å². The predicted molar refractivity (Wildman–Crippen MR) is 138 cm³/mol. The molecule has 0 bridgehead atoms. The fourth-order valence-electron chi connectivity index (χ4n) is 3.83. The molecule has 1 fully saturated rings. The van der Waals surface area contributed by atoms with Gasteiger partial charge in [0, 0.05) is 21.0 Å². The predicted octanol–water partition coefficient (Wildman–Crippen LogP) is 5.60. The van der Waals surface area contributed by atoms with Crippen LogP contribution in [-0.4, -0.2) is 46.2 Å². The summed E-state index contributed by atoms with van der Waals surface area (Å²) < 4.78 is 11.1. The summed E-state index contributed by atoms with van der Waals surface area (Å²) >= 11 is 18.3. The number of carbonyl (C=O) groups is 2. The van der Waals surface area contributed by atoms with Gasteiger partial charge in [-0.05, 0) is 38.5 Å². The largest absolute Gasteiger partial charge is 0.465 e. The minimum absolute atomic E-state index is 0.0555. The second-order valence-corrected chi connectivity index (χ2v) is 11.0. The highest BCUT2D eigenvalue weighted by Gasteiger charge is 2.49. The zero-order valence-corrected chi connectivity index (χ0v) is 22.0. The summed E-state index contributed by atoms with van der Waals surface area (Å²) in [6.07, 6.45) is 8.95. The monoisotopic (exact) mass is 496 g/mol. The Bertz CT molecular complexity index is 473. The molecule has 0 aromatic heterocycles. The third-order valence-electron chi connectivity index (χ3n) is 5.84. The molecule has 1 aliphatic rings. The van der Waals surface area contributed by atoms with Crippen LogP contribution in [0.2, 0.25) is 0 Å². The maximum absolute atomic E-state index is 12.9. The van der Waals surface area contributed by atoms with Crippen molar-refractivity contribution in [2.45, 2.75) is 105 Å². The maximum Gasteiger partial charge on any atom is 0.323 e. The number of thiol groups is 4. The molecule has 1 rings (SSSR count). The lowest BCUT2D eigenvalue weighted by atomic mass is 9.74. The van der Waals surface area contributed by atoms with Crippen molar-refractivity contribution in [3.05, 3.63) is 0 Å². The number of ether oxygens (including phenoxy) is 2. The van der Waals surface area contributed by atoms with E-state index in [1.54, 1.807) is 0 Å². The van der Waals surface area contributed by atoms with E-state index in [2.05, 4.69) is 64.4 Å². The van der Waals surface area contributed by atoms with Gasteiger partial charge in [0.1, 0.15) is 0 Å². The fraction of sp³-hybridized carbons (Fsp3) is 0.909. The maximum atomic E-state index is 12.9. The van der Waals surface area contributed by atoms with Gasteiger partial charge < -0.3 is 9.47 Å². The quantitative estimate of drug-likeness (QED) is 0.144. The summed E-state index contributed by atoms with van der Waals surface area (Å²) in [5.74, 6) is -0.890. The molecule has 4 nitrogen and oxygen atoms in total. The van der Waals surface area contributed by atoms with Gasteiger partial charge in [-0.3, -0.25) is 9.59 Å². The first-order chi connectivity index (χ1) is 14.3. The lowest BCUT2D eigenvalue weighted by molar-refractivity contribution is -0.175. The van der Waals surface area contributed by atoms with Gasteiger partial charge in [-0.25, -0.2) is 0 Å². The van der Waals surface area contributed by atoms with Crippen LogP contribution in [0.1, 0.15) is 84.5 Å². The van der Waals surface area contributed by atoms with Crippen molar-refractivity contribution >= 4 is 62.5 Å². The molecule has 0 aromatic carbocycles. The molecule has 0 heterocycles. The summed E-state index contributed by atoms with van der Waals surface area (Å²) in [5.41, 5.74) is -1.16. The van der Waals surface area contributed by atoms with Crippen LogP contribution in [0.5, 0.6) is 0 Å². The van der Waals surface area contributed by atoms with E-state index in [1.165, 1.54) is 0 Å². The Hall–Kier alpha value is 0.340. The zero-order chi connectivity index (χ0) is 22.6. The normalized spacial score (nSPS) is 20.1. The van der Waals surface area contributed by atoms with E-state index in [-0.39, 0.29) is 34.2 Å². The molecule has 30 heavy (non-hydrogen) atoms. The van der Waals surface area contributed by atoms with Gasteiger partial charge in [-0.1, -0.05) is 46.0 Å². The topological polar surface area (TPSA) is 52.6 Å². The minimum Gasteiger partial charge on any atom is -0.465 e. The van der Waals surface area contributed by atoms with Crippen LogP contribution in [0.15, 0.2) is 0 Å². The molecular weight excluding hydrogens is 457 g/mol. The fourth-order valence-corrected chi connectivity index (χ4v) is 5.15. The third-order valence-corrected chi connectivity index (χ3v) is 8.78. The Kier molecular flexibility index (Phi) is 14.4. The van der Waals surface area contributed by atoms with Gasteiger partial charge in [0.25, 0.3) is 0 Å². The van der Waals surface area contributed by atoms with Gasteiger partial charge in [0.2, 0.25) is 0 Å². The second-order valence-electron chi connectivity index (χ2n) is 8.34. The lowest BCUT2D eigenvalue weighted by Crippen LogP contribution is -2.44. The molecule has 4 unspecified atom stereocenters. The molecule has 0 N–H and O–H groups in total. The summed E-state index contributed by atoms with van der Waals surface area (Å²) in [6.45, 7) is 4.72. The molecule has 0 saturated heterocycles. The highest BCUT2D eigenvalue weighted by molar-refractivity contribution is 7.85. The van der Waals surface area contributed by atoms with E-state index in [0.29, 0.717) is 25.7 Å². The summed E-state index contributed by atoms with van der Waals surface area (Å²) in [4.78, 5) is 25.9. The van der Waals surface area contributed by atoms with Crippen molar-refractivity contribution in [2.75, 3.05) is 13.2 Å². The van der Waals surface area contributed by atoms with Crippen LogP contribution in [-0.2, 0) is 19.1 Å².